The van der Waals surface area contributed by atoms with Gasteiger partial charge in [0, 0.05) is 36.6 Å². The third-order valence-electron chi connectivity index (χ3n) is 4.71. The Morgan fingerprint density at radius 3 is 2.88 bits per heavy atom. The molecule has 2 aliphatic heterocycles. The second-order valence-corrected chi connectivity index (χ2v) is 8.01. The molecule has 0 bridgehead atoms. The van der Waals surface area contributed by atoms with E-state index in [9.17, 15) is 4.79 Å². The van der Waals surface area contributed by atoms with Gasteiger partial charge in [0.1, 0.15) is 0 Å². The molecule has 1 saturated heterocycles. The molecular formula is C18H26N2O3S. The Bertz CT molecular complexity index is 596. The summed E-state index contributed by atoms with van der Waals surface area (Å²) in [4.78, 5) is 15.4. The van der Waals surface area contributed by atoms with Gasteiger partial charge in [-0.2, -0.15) is 0 Å². The normalized spacial score (nSPS) is 23.2. The zero-order chi connectivity index (χ0) is 17.0. The number of hydrogen-bond acceptors (Lipinski definition) is 5. The van der Waals surface area contributed by atoms with E-state index in [1.54, 1.807) is 11.8 Å². The Labute approximate surface area is 147 Å². The summed E-state index contributed by atoms with van der Waals surface area (Å²) in [7, 11) is 0. The zero-order valence-corrected chi connectivity index (χ0v) is 15.1. The van der Waals surface area contributed by atoms with Crippen molar-refractivity contribution in [3.05, 3.63) is 18.2 Å². The van der Waals surface area contributed by atoms with Crippen molar-refractivity contribution < 1.29 is 14.3 Å². The van der Waals surface area contributed by atoms with Crippen LogP contribution in [-0.4, -0.2) is 49.4 Å². The van der Waals surface area contributed by atoms with E-state index < -0.39 is 0 Å². The lowest BCUT2D eigenvalue weighted by Crippen LogP contribution is -2.34. The van der Waals surface area contributed by atoms with Gasteiger partial charge < -0.3 is 20.1 Å². The second kappa shape index (κ2) is 7.66. The molecule has 5 nitrogen and oxygen atoms in total. The summed E-state index contributed by atoms with van der Waals surface area (Å²) in [6.45, 7) is 5.81. The Kier molecular flexibility index (Phi) is 5.56. The number of nitrogens with two attached hydrogens (primary N) is 1. The highest BCUT2D eigenvalue weighted by Gasteiger charge is 2.34. The number of fused-ring (bicyclic) bond motifs is 1. The van der Waals surface area contributed by atoms with Crippen molar-refractivity contribution in [2.75, 3.05) is 38.6 Å². The lowest BCUT2D eigenvalue weighted by atomic mass is 9.90. The molecule has 1 unspecified atom stereocenters. The summed E-state index contributed by atoms with van der Waals surface area (Å²) in [5, 5.41) is 0. The maximum absolute atomic E-state index is 12.3. The molecule has 1 fully saturated rings. The van der Waals surface area contributed by atoms with E-state index in [1.165, 1.54) is 0 Å². The average molecular weight is 350 g/mol. The van der Waals surface area contributed by atoms with Crippen molar-refractivity contribution in [3.8, 4) is 11.5 Å². The molecule has 1 aromatic carbocycles. The fraction of sp³-hybridized carbons (Fsp3) is 0.611. The van der Waals surface area contributed by atoms with Crippen LogP contribution in [0.15, 0.2) is 23.1 Å². The summed E-state index contributed by atoms with van der Waals surface area (Å²) >= 11 is 1.69. The van der Waals surface area contributed by atoms with Gasteiger partial charge >= 0.3 is 0 Å². The van der Waals surface area contributed by atoms with E-state index in [-0.39, 0.29) is 11.3 Å². The van der Waals surface area contributed by atoms with Crippen molar-refractivity contribution in [2.45, 2.75) is 31.1 Å². The zero-order valence-electron chi connectivity index (χ0n) is 14.3. The second-order valence-electron chi connectivity index (χ2n) is 6.84. The summed E-state index contributed by atoms with van der Waals surface area (Å²) in [5.74, 6) is 2.62. The molecular weight excluding hydrogens is 324 g/mol. The van der Waals surface area contributed by atoms with Crippen LogP contribution in [0.1, 0.15) is 26.2 Å². The van der Waals surface area contributed by atoms with Crippen LogP contribution in [0, 0.1) is 5.41 Å². The van der Waals surface area contributed by atoms with Gasteiger partial charge in [-0.05, 0) is 36.6 Å². The molecule has 0 saturated carbocycles. The van der Waals surface area contributed by atoms with Gasteiger partial charge in [0.25, 0.3) is 0 Å². The first-order valence-corrected chi connectivity index (χ1v) is 9.58. The molecule has 1 atom stereocenters. The van der Waals surface area contributed by atoms with Crippen LogP contribution in [0.25, 0.3) is 0 Å². The van der Waals surface area contributed by atoms with Crippen molar-refractivity contribution in [1.82, 2.24) is 4.90 Å². The van der Waals surface area contributed by atoms with Gasteiger partial charge in [0.15, 0.2) is 11.5 Å². The number of hydrogen-bond donors (Lipinski definition) is 1. The average Bonchev–Trinajstić information content (AvgIpc) is 2.84. The minimum atomic E-state index is 0.0944. The van der Waals surface area contributed by atoms with Gasteiger partial charge in [0.05, 0.1) is 13.2 Å². The van der Waals surface area contributed by atoms with E-state index in [1.807, 2.05) is 23.1 Å². The highest BCUT2D eigenvalue weighted by atomic mass is 32.2. The SMILES string of the molecule is CC1(CN)CCN(C(=O)CCSc2ccc3c(c2)OCCCO3)C1. The molecule has 0 radical (unpaired) electrons. The molecule has 1 amide bonds. The lowest BCUT2D eigenvalue weighted by Gasteiger charge is -2.22. The Morgan fingerprint density at radius 2 is 2.12 bits per heavy atom. The van der Waals surface area contributed by atoms with Crippen LogP contribution in [-0.2, 0) is 4.79 Å². The third kappa shape index (κ3) is 4.16. The number of carbonyl (C=O) groups excluding carboxylic acids is 1. The molecule has 2 N–H and O–H groups in total. The van der Waals surface area contributed by atoms with E-state index in [0.29, 0.717) is 26.2 Å². The summed E-state index contributed by atoms with van der Waals surface area (Å²) < 4.78 is 11.3. The van der Waals surface area contributed by atoms with Crippen LogP contribution >= 0.6 is 11.8 Å². The lowest BCUT2D eigenvalue weighted by molar-refractivity contribution is -0.130. The van der Waals surface area contributed by atoms with E-state index in [0.717, 1.165) is 48.1 Å². The van der Waals surface area contributed by atoms with Crippen LogP contribution in [0.5, 0.6) is 11.5 Å². The van der Waals surface area contributed by atoms with Crippen LogP contribution in [0.2, 0.25) is 0 Å². The van der Waals surface area contributed by atoms with E-state index >= 15 is 0 Å². The highest BCUT2D eigenvalue weighted by Crippen LogP contribution is 2.34. The molecule has 2 heterocycles. The number of ether oxygens (including phenoxy) is 2. The number of rotatable bonds is 5. The molecule has 0 aliphatic carbocycles. The number of likely N-dealkylation sites (tertiary alicyclic amines) is 1. The monoisotopic (exact) mass is 350 g/mol. The topological polar surface area (TPSA) is 64.8 Å². The Balaban J connectivity index is 1.48. The van der Waals surface area contributed by atoms with Gasteiger partial charge in [0.2, 0.25) is 5.91 Å². The minimum Gasteiger partial charge on any atom is -0.490 e. The molecule has 3 rings (SSSR count). The first-order chi connectivity index (χ1) is 11.6. The molecule has 6 heteroatoms. The van der Waals surface area contributed by atoms with Gasteiger partial charge in [-0.3, -0.25) is 4.79 Å². The molecule has 24 heavy (non-hydrogen) atoms. The number of thioether (sulfide) groups is 1. The summed E-state index contributed by atoms with van der Waals surface area (Å²) in [5.41, 5.74) is 5.90. The van der Waals surface area contributed by atoms with Gasteiger partial charge in [-0.15, -0.1) is 11.8 Å². The Morgan fingerprint density at radius 1 is 1.33 bits per heavy atom. The fourth-order valence-electron chi connectivity index (χ4n) is 3.05. The van der Waals surface area contributed by atoms with Crippen molar-refractivity contribution >= 4 is 17.7 Å². The smallest absolute Gasteiger partial charge is 0.223 e. The van der Waals surface area contributed by atoms with E-state index in [4.69, 9.17) is 15.2 Å². The summed E-state index contributed by atoms with van der Waals surface area (Å²) in [6, 6.07) is 6.00. The molecule has 0 spiro atoms. The van der Waals surface area contributed by atoms with Gasteiger partial charge in [-0.25, -0.2) is 0 Å². The largest absolute Gasteiger partial charge is 0.490 e. The molecule has 0 aromatic heterocycles. The maximum atomic E-state index is 12.3. The quantitative estimate of drug-likeness (QED) is 0.827. The third-order valence-corrected chi connectivity index (χ3v) is 5.70. The molecule has 1 aromatic rings. The minimum absolute atomic E-state index is 0.0944. The van der Waals surface area contributed by atoms with Crippen molar-refractivity contribution in [3.63, 3.8) is 0 Å². The number of amides is 1. The van der Waals surface area contributed by atoms with Crippen LogP contribution < -0.4 is 15.2 Å². The van der Waals surface area contributed by atoms with Crippen LogP contribution in [0.4, 0.5) is 0 Å². The fourth-order valence-corrected chi connectivity index (χ4v) is 3.92. The van der Waals surface area contributed by atoms with Crippen molar-refractivity contribution in [2.24, 2.45) is 11.1 Å². The Hall–Kier alpha value is -1.40. The van der Waals surface area contributed by atoms with Gasteiger partial charge in [-0.1, -0.05) is 6.92 Å². The first kappa shape index (κ1) is 17.4. The predicted molar refractivity (Wildman–Crippen MR) is 95.7 cm³/mol. The molecule has 132 valence electrons. The van der Waals surface area contributed by atoms with E-state index in [2.05, 4.69) is 6.92 Å². The van der Waals surface area contributed by atoms with Crippen LogP contribution in [0.3, 0.4) is 0 Å². The number of carbonyl (C=O) groups is 1. The predicted octanol–water partition coefficient (Wildman–Crippen LogP) is 2.53. The summed E-state index contributed by atoms with van der Waals surface area (Å²) in [6.07, 6.45) is 2.47. The number of benzene rings is 1. The molecule has 2 aliphatic rings. The standard InChI is InChI=1S/C18H26N2O3S/c1-18(12-19)6-7-20(13-18)17(21)5-10-24-14-3-4-15-16(11-14)23-9-2-8-22-15/h3-4,11H,2,5-10,12-13,19H2,1H3. The number of nitrogens with zero attached hydrogens (tertiary/aromatic N) is 1. The van der Waals surface area contributed by atoms with Crippen molar-refractivity contribution in [1.29, 1.82) is 0 Å². The highest BCUT2D eigenvalue weighted by molar-refractivity contribution is 7.99. The maximum Gasteiger partial charge on any atom is 0.223 e. The first-order valence-electron chi connectivity index (χ1n) is 8.60.